The number of ether oxygens (including phenoxy) is 2. The Morgan fingerprint density at radius 1 is 1.29 bits per heavy atom. The average Bonchev–Trinajstić information content (AvgIpc) is 2.59. The highest BCUT2D eigenvalue weighted by Crippen LogP contribution is 2.30. The summed E-state index contributed by atoms with van der Waals surface area (Å²) in [7, 11) is -1.02. The van der Waals surface area contributed by atoms with Crippen LogP contribution in [0.15, 0.2) is 35.4 Å². The van der Waals surface area contributed by atoms with Crippen molar-refractivity contribution in [2.75, 3.05) is 23.8 Å². The fourth-order valence-corrected chi connectivity index (χ4v) is 3.64. The van der Waals surface area contributed by atoms with Crippen LogP contribution in [0.25, 0.3) is 0 Å². The quantitative estimate of drug-likeness (QED) is 0.508. The zero-order valence-corrected chi connectivity index (χ0v) is 17.7. The second kappa shape index (κ2) is 8.48. The average molecular weight is 431 g/mol. The summed E-state index contributed by atoms with van der Waals surface area (Å²) in [4.78, 5) is 9.14. The van der Waals surface area contributed by atoms with Gasteiger partial charge in [-0.1, -0.05) is 11.6 Å². The van der Waals surface area contributed by atoms with Crippen LogP contribution in [-0.2, 0) is 14.8 Å². The molecule has 2 N–H and O–H groups in total. The van der Waals surface area contributed by atoms with Gasteiger partial charge in [0.1, 0.15) is 21.6 Å². The summed E-state index contributed by atoms with van der Waals surface area (Å²) in [6, 6.07) is 5.77. The molecule has 0 radical (unpaired) electrons. The molecule has 11 heteroatoms. The number of pyridine rings is 2. The third kappa shape index (κ3) is 5.44. The van der Waals surface area contributed by atoms with Crippen LogP contribution in [0.5, 0.6) is 5.88 Å². The van der Waals surface area contributed by atoms with Crippen LogP contribution in [0.2, 0.25) is 5.15 Å². The number of rotatable bonds is 7. The Labute approximate surface area is 169 Å². The van der Waals surface area contributed by atoms with Crippen LogP contribution in [0.1, 0.15) is 20.8 Å². The van der Waals surface area contributed by atoms with Gasteiger partial charge in [0.15, 0.2) is 0 Å². The fraction of sp³-hybridized carbons (Fsp3) is 0.412. The second-order valence-electron chi connectivity index (χ2n) is 6.79. The lowest BCUT2D eigenvalue weighted by molar-refractivity contribution is -0.163. The van der Waals surface area contributed by atoms with Crippen molar-refractivity contribution in [3.05, 3.63) is 35.6 Å². The van der Waals surface area contributed by atoms with E-state index < -0.39 is 22.0 Å². The van der Waals surface area contributed by atoms with Gasteiger partial charge in [-0.3, -0.25) is 4.72 Å². The van der Waals surface area contributed by atoms with Gasteiger partial charge in [-0.05, 0) is 45.0 Å². The van der Waals surface area contributed by atoms with E-state index in [9.17, 15) is 13.5 Å². The largest absolute Gasteiger partial charge is 0.479 e. The maximum absolute atomic E-state index is 12.5. The van der Waals surface area contributed by atoms with E-state index in [-0.39, 0.29) is 21.7 Å². The third-order valence-corrected chi connectivity index (χ3v) is 5.26. The molecular weight excluding hydrogens is 408 g/mol. The molecule has 0 spiro atoms. The topological polar surface area (TPSA) is 114 Å². The highest BCUT2D eigenvalue weighted by Gasteiger charge is 2.24. The standard InChI is InChI=1S/C17H23ClN4O5S/c1-17(2,3)27-16(23)22(4)11-8-9-13(20-15(11)26-5)21-28(24,25)12-7-6-10-19-14(12)18/h6-10,16,23H,1-5H3,(H,20,21). The van der Waals surface area contributed by atoms with E-state index >= 15 is 0 Å². The van der Waals surface area contributed by atoms with E-state index in [1.54, 1.807) is 33.9 Å². The molecule has 0 aromatic carbocycles. The molecule has 2 heterocycles. The first-order valence-corrected chi connectivity index (χ1v) is 10.1. The van der Waals surface area contributed by atoms with Crippen LogP contribution in [0.4, 0.5) is 11.5 Å². The molecule has 154 valence electrons. The molecule has 0 fully saturated rings. The van der Waals surface area contributed by atoms with Crippen LogP contribution in [-0.4, -0.2) is 49.7 Å². The molecule has 0 aliphatic rings. The molecule has 1 atom stereocenters. The van der Waals surface area contributed by atoms with Crippen molar-refractivity contribution in [2.24, 2.45) is 0 Å². The smallest absolute Gasteiger partial charge is 0.266 e. The molecule has 2 aromatic rings. The third-order valence-electron chi connectivity index (χ3n) is 3.46. The van der Waals surface area contributed by atoms with E-state index in [1.165, 1.54) is 36.4 Å². The van der Waals surface area contributed by atoms with Crippen molar-refractivity contribution in [1.29, 1.82) is 0 Å². The molecule has 9 nitrogen and oxygen atoms in total. The number of aliphatic hydroxyl groups excluding tert-OH is 1. The number of aliphatic hydroxyl groups is 1. The van der Waals surface area contributed by atoms with Crippen molar-refractivity contribution >= 4 is 33.1 Å². The Bertz CT molecular complexity index is 933. The van der Waals surface area contributed by atoms with E-state index in [4.69, 9.17) is 21.1 Å². The number of methoxy groups -OCH3 is 1. The molecule has 0 saturated carbocycles. The molecule has 2 rings (SSSR count). The monoisotopic (exact) mass is 430 g/mol. The number of anilines is 2. The van der Waals surface area contributed by atoms with Gasteiger partial charge in [0.25, 0.3) is 10.0 Å². The maximum atomic E-state index is 12.5. The lowest BCUT2D eigenvalue weighted by Crippen LogP contribution is -2.39. The molecule has 0 aliphatic carbocycles. The Morgan fingerprint density at radius 3 is 2.54 bits per heavy atom. The number of halogens is 1. The first-order valence-electron chi connectivity index (χ1n) is 8.22. The summed E-state index contributed by atoms with van der Waals surface area (Å²) in [5.41, 5.74) is -0.172. The molecule has 2 aromatic heterocycles. The molecule has 0 saturated heterocycles. The minimum absolute atomic E-state index is 0.0140. The van der Waals surface area contributed by atoms with Gasteiger partial charge in [-0.2, -0.15) is 4.98 Å². The van der Waals surface area contributed by atoms with Crippen LogP contribution in [0, 0.1) is 0 Å². The molecule has 1 unspecified atom stereocenters. The summed E-state index contributed by atoms with van der Waals surface area (Å²) in [6.45, 7) is 5.42. The van der Waals surface area contributed by atoms with Gasteiger partial charge in [-0.15, -0.1) is 0 Å². The van der Waals surface area contributed by atoms with Gasteiger partial charge < -0.3 is 19.5 Å². The Morgan fingerprint density at radius 2 is 1.96 bits per heavy atom. The second-order valence-corrected chi connectivity index (χ2v) is 8.80. The zero-order chi connectivity index (χ0) is 21.1. The summed E-state index contributed by atoms with van der Waals surface area (Å²) in [6.07, 6.45) is 0.130. The van der Waals surface area contributed by atoms with E-state index in [2.05, 4.69) is 14.7 Å². The number of nitrogens with one attached hydrogen (secondary N) is 1. The highest BCUT2D eigenvalue weighted by molar-refractivity contribution is 7.92. The molecule has 0 amide bonds. The van der Waals surface area contributed by atoms with E-state index in [0.717, 1.165) is 0 Å². The summed E-state index contributed by atoms with van der Waals surface area (Å²) < 4.78 is 38.1. The SMILES string of the molecule is COc1nc(NS(=O)(=O)c2cccnc2Cl)ccc1N(C)C(O)OC(C)(C)C. The lowest BCUT2D eigenvalue weighted by atomic mass is 10.2. The van der Waals surface area contributed by atoms with Crippen molar-refractivity contribution in [1.82, 2.24) is 9.97 Å². The van der Waals surface area contributed by atoms with Gasteiger partial charge >= 0.3 is 0 Å². The Kier molecular flexibility index (Phi) is 6.71. The van der Waals surface area contributed by atoms with Gasteiger partial charge in [-0.25, -0.2) is 13.4 Å². The van der Waals surface area contributed by atoms with Gasteiger partial charge in [0, 0.05) is 13.2 Å². The van der Waals surface area contributed by atoms with Crippen LogP contribution < -0.4 is 14.4 Å². The maximum Gasteiger partial charge on any atom is 0.266 e. The minimum atomic E-state index is -3.99. The number of sulfonamides is 1. The number of aromatic nitrogens is 2. The Hall–Kier alpha value is -2.14. The minimum Gasteiger partial charge on any atom is -0.479 e. The molecule has 0 bridgehead atoms. The first kappa shape index (κ1) is 22.2. The van der Waals surface area contributed by atoms with Crippen molar-refractivity contribution < 1.29 is 23.0 Å². The molecule has 28 heavy (non-hydrogen) atoms. The predicted octanol–water partition coefficient (Wildman–Crippen LogP) is 2.47. The van der Waals surface area contributed by atoms with Crippen LogP contribution in [0.3, 0.4) is 0 Å². The fourth-order valence-electron chi connectivity index (χ4n) is 2.19. The zero-order valence-electron chi connectivity index (χ0n) is 16.2. The number of nitrogens with zero attached hydrogens (tertiary/aromatic N) is 3. The summed E-state index contributed by atoms with van der Waals surface area (Å²) >= 11 is 5.86. The molecule has 0 aliphatic heterocycles. The predicted molar refractivity (Wildman–Crippen MR) is 106 cm³/mol. The lowest BCUT2D eigenvalue weighted by Gasteiger charge is -2.31. The Balaban J connectivity index is 2.29. The molecular formula is C17H23ClN4O5S. The van der Waals surface area contributed by atoms with Gasteiger partial charge in [0.05, 0.1) is 12.7 Å². The highest BCUT2D eigenvalue weighted by atomic mass is 35.5. The van der Waals surface area contributed by atoms with Crippen molar-refractivity contribution in [2.45, 2.75) is 37.7 Å². The van der Waals surface area contributed by atoms with Crippen LogP contribution >= 0.6 is 11.6 Å². The van der Waals surface area contributed by atoms with Gasteiger partial charge in [0.2, 0.25) is 12.3 Å². The number of hydrogen-bond donors (Lipinski definition) is 2. The summed E-state index contributed by atoms with van der Waals surface area (Å²) in [5.74, 6) is 0.108. The normalized spacial score (nSPS) is 13.1. The summed E-state index contributed by atoms with van der Waals surface area (Å²) in [5, 5.41) is 10.1. The first-order chi connectivity index (χ1) is 12.9. The number of hydrogen-bond acceptors (Lipinski definition) is 8. The van der Waals surface area contributed by atoms with Crippen molar-refractivity contribution in [3.63, 3.8) is 0 Å². The van der Waals surface area contributed by atoms with E-state index in [1.807, 2.05) is 0 Å². The van der Waals surface area contributed by atoms with E-state index in [0.29, 0.717) is 5.69 Å². The van der Waals surface area contributed by atoms with Crippen molar-refractivity contribution in [3.8, 4) is 5.88 Å².